The summed E-state index contributed by atoms with van der Waals surface area (Å²) in [4.78, 5) is 0. The summed E-state index contributed by atoms with van der Waals surface area (Å²) >= 11 is 2.95. The van der Waals surface area contributed by atoms with Crippen molar-refractivity contribution in [1.29, 1.82) is 0 Å². The minimum absolute atomic E-state index is 0.0668. The van der Waals surface area contributed by atoms with Crippen LogP contribution in [0.4, 0.5) is 0 Å². The lowest BCUT2D eigenvalue weighted by molar-refractivity contribution is 0.184. The summed E-state index contributed by atoms with van der Waals surface area (Å²) in [7, 11) is -2.46. The Hall–Kier alpha value is -0.550. The van der Waals surface area contributed by atoms with Crippen molar-refractivity contribution >= 4 is 26.0 Å². The Bertz CT molecular complexity index is 436. The van der Waals surface area contributed by atoms with Crippen LogP contribution in [0, 0.1) is 0 Å². The molecule has 8 nitrogen and oxygen atoms in total. The first-order chi connectivity index (χ1) is 7.42. The van der Waals surface area contributed by atoms with E-state index in [4.69, 9.17) is 10.2 Å². The fourth-order valence-electron chi connectivity index (χ4n) is 1.02. The molecule has 3 N–H and O–H groups in total. The van der Waals surface area contributed by atoms with Crippen molar-refractivity contribution in [3.63, 3.8) is 0 Å². The first kappa shape index (κ1) is 13.5. The zero-order chi connectivity index (χ0) is 12.3. The van der Waals surface area contributed by atoms with Crippen LogP contribution in [0.1, 0.15) is 0 Å². The smallest absolute Gasteiger partial charge is 0.260 e. The van der Waals surface area contributed by atoms with Crippen LogP contribution in [0.3, 0.4) is 0 Å². The fourth-order valence-corrected chi connectivity index (χ4v) is 3.33. The van der Waals surface area contributed by atoms with Gasteiger partial charge in [0.05, 0.1) is 19.3 Å². The third kappa shape index (κ3) is 2.77. The molecule has 0 bridgehead atoms. The maximum absolute atomic E-state index is 11.8. The summed E-state index contributed by atoms with van der Waals surface area (Å²) in [5.74, 6) is 0. The summed E-state index contributed by atoms with van der Waals surface area (Å²) in [6.07, 6.45) is 0. The normalized spacial score (nSPS) is 12.3. The number of nitrogens with zero attached hydrogens (tertiary/aromatic N) is 3. The molecule has 0 saturated heterocycles. The fraction of sp³-hybridized carbons (Fsp3) is 0.667. The van der Waals surface area contributed by atoms with E-state index in [1.165, 1.54) is 7.05 Å². The van der Waals surface area contributed by atoms with E-state index in [1.54, 1.807) is 0 Å². The van der Waals surface area contributed by atoms with Crippen LogP contribution in [-0.2, 0) is 17.1 Å². The van der Waals surface area contributed by atoms with Crippen molar-refractivity contribution in [1.82, 2.24) is 19.7 Å². The Morgan fingerprint density at radius 3 is 2.44 bits per heavy atom. The van der Waals surface area contributed by atoms with E-state index in [9.17, 15) is 8.42 Å². The molecule has 1 rings (SSSR count). The van der Waals surface area contributed by atoms with E-state index < -0.39 is 29.3 Å². The number of halogens is 1. The molecule has 16 heavy (non-hydrogen) atoms. The Morgan fingerprint density at radius 1 is 1.50 bits per heavy atom. The van der Waals surface area contributed by atoms with E-state index in [2.05, 4.69) is 31.0 Å². The second-order valence-electron chi connectivity index (χ2n) is 2.99. The third-order valence-corrected chi connectivity index (χ3v) is 4.16. The SMILES string of the molecule is Cn1nnc(Br)c1S(=O)(=O)NC(CO)CO. The molecule has 0 unspecified atom stereocenters. The zero-order valence-corrected chi connectivity index (χ0v) is 10.7. The van der Waals surface area contributed by atoms with Crippen molar-refractivity contribution in [2.45, 2.75) is 11.1 Å². The molecule has 92 valence electrons. The quantitative estimate of drug-likeness (QED) is 0.591. The number of rotatable bonds is 5. The highest BCUT2D eigenvalue weighted by atomic mass is 79.9. The van der Waals surface area contributed by atoms with Crippen molar-refractivity contribution in [2.24, 2.45) is 7.05 Å². The second kappa shape index (κ2) is 5.19. The van der Waals surface area contributed by atoms with Crippen LogP contribution >= 0.6 is 15.9 Å². The second-order valence-corrected chi connectivity index (χ2v) is 5.37. The highest BCUT2D eigenvalue weighted by Crippen LogP contribution is 2.17. The maximum Gasteiger partial charge on any atom is 0.260 e. The molecule has 0 amide bonds. The number of aromatic nitrogens is 3. The molecule has 10 heteroatoms. The monoisotopic (exact) mass is 314 g/mol. The van der Waals surface area contributed by atoms with Crippen LogP contribution in [-0.4, -0.2) is 52.9 Å². The molecule has 0 radical (unpaired) electrons. The van der Waals surface area contributed by atoms with Gasteiger partial charge in [0.2, 0.25) is 5.03 Å². The van der Waals surface area contributed by atoms with E-state index in [1.807, 2.05) is 0 Å². The first-order valence-electron chi connectivity index (χ1n) is 4.21. The van der Waals surface area contributed by atoms with Gasteiger partial charge in [-0.15, -0.1) is 5.10 Å². The topological polar surface area (TPSA) is 117 Å². The van der Waals surface area contributed by atoms with E-state index >= 15 is 0 Å². The lowest BCUT2D eigenvalue weighted by atomic mass is 10.4. The van der Waals surface area contributed by atoms with Crippen LogP contribution in [0.5, 0.6) is 0 Å². The molecule has 0 aliphatic heterocycles. The average molecular weight is 315 g/mol. The van der Waals surface area contributed by atoms with Crippen molar-refractivity contribution in [3.8, 4) is 0 Å². The van der Waals surface area contributed by atoms with Gasteiger partial charge >= 0.3 is 0 Å². The van der Waals surface area contributed by atoms with Crippen molar-refractivity contribution in [2.75, 3.05) is 13.2 Å². The third-order valence-electron chi connectivity index (χ3n) is 1.75. The Morgan fingerprint density at radius 2 is 2.06 bits per heavy atom. The molecule has 1 heterocycles. The van der Waals surface area contributed by atoms with Crippen LogP contribution < -0.4 is 4.72 Å². The lowest BCUT2D eigenvalue weighted by Crippen LogP contribution is -2.40. The van der Waals surface area contributed by atoms with Gasteiger partial charge in [0.1, 0.15) is 0 Å². The summed E-state index contributed by atoms with van der Waals surface area (Å²) in [5, 5.41) is 24.5. The maximum atomic E-state index is 11.8. The number of hydrogen-bond acceptors (Lipinski definition) is 6. The van der Waals surface area contributed by atoms with Gasteiger partial charge in [-0.3, -0.25) is 0 Å². The summed E-state index contributed by atoms with van der Waals surface area (Å²) < 4.78 is 26.9. The lowest BCUT2D eigenvalue weighted by Gasteiger charge is -2.13. The molecule has 1 aromatic rings. The standard InChI is InChI=1S/C6H11BrN4O4S/c1-11-6(5(7)8-10-11)16(14,15)9-4(2-12)3-13/h4,9,12-13H,2-3H2,1H3. The highest BCUT2D eigenvalue weighted by molar-refractivity contribution is 9.10. The summed E-state index contributed by atoms with van der Waals surface area (Å²) in [6.45, 7) is -1.00. The van der Waals surface area contributed by atoms with E-state index in [-0.39, 0.29) is 9.63 Å². The molecule has 0 aliphatic rings. The Balaban J connectivity index is 3.03. The molecule has 0 atom stereocenters. The van der Waals surface area contributed by atoms with Crippen LogP contribution in [0.25, 0.3) is 0 Å². The van der Waals surface area contributed by atoms with Gasteiger partial charge in [0.25, 0.3) is 10.0 Å². The first-order valence-corrected chi connectivity index (χ1v) is 6.49. The van der Waals surface area contributed by atoms with Gasteiger partial charge in [-0.25, -0.2) is 17.8 Å². The van der Waals surface area contributed by atoms with Gasteiger partial charge in [-0.1, -0.05) is 5.21 Å². The molecular formula is C6H11BrN4O4S. The van der Waals surface area contributed by atoms with Gasteiger partial charge < -0.3 is 10.2 Å². The Kier molecular flexibility index (Phi) is 4.38. The number of nitrogens with one attached hydrogen (secondary N) is 1. The van der Waals surface area contributed by atoms with Crippen molar-refractivity contribution < 1.29 is 18.6 Å². The van der Waals surface area contributed by atoms with Gasteiger partial charge in [0, 0.05) is 7.05 Å². The van der Waals surface area contributed by atoms with Crippen molar-refractivity contribution in [3.05, 3.63) is 4.60 Å². The zero-order valence-electron chi connectivity index (χ0n) is 8.33. The van der Waals surface area contributed by atoms with E-state index in [0.29, 0.717) is 0 Å². The molecule has 0 fully saturated rings. The predicted octanol–water partition coefficient (Wildman–Crippen LogP) is -1.79. The molecule has 0 aliphatic carbocycles. The summed E-state index contributed by atoms with van der Waals surface area (Å²) in [5.41, 5.74) is 0. The number of aliphatic hydroxyl groups excluding tert-OH is 2. The predicted molar refractivity (Wildman–Crippen MR) is 57.0 cm³/mol. The van der Waals surface area contributed by atoms with Gasteiger partial charge in [-0.05, 0) is 15.9 Å². The molecule has 0 aromatic carbocycles. The molecule has 0 spiro atoms. The van der Waals surface area contributed by atoms with E-state index in [0.717, 1.165) is 4.68 Å². The highest BCUT2D eigenvalue weighted by Gasteiger charge is 2.26. The summed E-state index contributed by atoms with van der Waals surface area (Å²) in [6, 6.07) is -0.952. The average Bonchev–Trinajstić information content (AvgIpc) is 2.55. The number of aliphatic hydroxyl groups is 2. The van der Waals surface area contributed by atoms with Gasteiger partial charge in [0.15, 0.2) is 4.60 Å². The Labute approximate surface area is 100 Å². The minimum atomic E-state index is -3.88. The van der Waals surface area contributed by atoms with Crippen LogP contribution in [0.2, 0.25) is 0 Å². The molecular weight excluding hydrogens is 304 g/mol. The number of hydrogen-bond donors (Lipinski definition) is 3. The minimum Gasteiger partial charge on any atom is -0.395 e. The molecule has 0 saturated carbocycles. The number of sulfonamides is 1. The number of aryl methyl sites for hydroxylation is 1. The largest absolute Gasteiger partial charge is 0.395 e. The molecule has 1 aromatic heterocycles. The van der Waals surface area contributed by atoms with Gasteiger partial charge in [-0.2, -0.15) is 0 Å². The van der Waals surface area contributed by atoms with Crippen LogP contribution in [0.15, 0.2) is 9.63 Å².